The van der Waals surface area contributed by atoms with Crippen LogP contribution in [0, 0.1) is 0 Å². The van der Waals surface area contributed by atoms with Crippen molar-refractivity contribution in [3.05, 3.63) is 0 Å². The minimum atomic E-state index is 0.420. The van der Waals surface area contributed by atoms with Crippen LogP contribution < -0.4 is 46.2 Å². The van der Waals surface area contributed by atoms with Gasteiger partial charge in [-0.15, -0.1) is 0 Å². The molecule has 0 aromatic heterocycles. The van der Waals surface area contributed by atoms with Crippen LogP contribution >= 0.6 is 0 Å². The van der Waals surface area contributed by atoms with Gasteiger partial charge in [0.15, 0.2) is 0 Å². The van der Waals surface area contributed by atoms with Gasteiger partial charge in [-0.2, -0.15) is 0 Å². The topological polar surface area (TPSA) is 12.0 Å². The summed E-state index contributed by atoms with van der Waals surface area (Å²) in [6.45, 7) is 2.28. The second kappa shape index (κ2) is 7.42. The molecule has 0 aliphatic carbocycles. The van der Waals surface area contributed by atoms with Crippen LogP contribution in [0.4, 0.5) is 0 Å². The van der Waals surface area contributed by atoms with Crippen LogP contribution in [0.15, 0.2) is 0 Å². The average molecular weight is 327 g/mol. The van der Waals surface area contributed by atoms with Gasteiger partial charge in [0.2, 0.25) is 0 Å². The Kier molecular flexibility index (Phi) is 8.93. The Morgan fingerprint density at radius 1 is 1.57 bits per heavy atom. The van der Waals surface area contributed by atoms with E-state index in [9.17, 15) is 0 Å². The van der Waals surface area contributed by atoms with Crippen LogP contribution in [0.3, 0.4) is 0 Å². The van der Waals surface area contributed by atoms with E-state index in [2.05, 4.69) is 17.5 Å². The van der Waals surface area contributed by atoms with E-state index in [1.165, 1.54) is 4.43 Å². The van der Waals surface area contributed by atoms with Crippen molar-refractivity contribution in [1.82, 2.24) is 3.53 Å². The Morgan fingerprint density at radius 3 is 2.71 bits per heavy atom. The van der Waals surface area contributed by atoms with Crippen LogP contribution in [0.2, 0.25) is 0 Å². The minimum absolute atomic E-state index is 0.420. The summed E-state index contributed by atoms with van der Waals surface area (Å²) in [5, 5.41) is 0. The molecule has 0 aliphatic heterocycles. The molecule has 0 atom stereocenters. The van der Waals surface area contributed by atoms with Crippen molar-refractivity contribution >= 4 is 0 Å². The molecule has 3 heteroatoms. The van der Waals surface area contributed by atoms with Crippen LogP contribution in [-0.2, 0) is 0 Å². The molecule has 1 N–H and O–H groups in total. The number of halogens is 2. The van der Waals surface area contributed by atoms with E-state index >= 15 is 0 Å². The molecule has 0 aromatic rings. The molecule has 0 heterocycles. The van der Waals surface area contributed by atoms with Crippen LogP contribution in [0.1, 0.15) is 6.92 Å². The number of nitrogens with one attached hydrogen (secondary N) is 1. The zero-order valence-electron chi connectivity index (χ0n) is 4.67. The van der Waals surface area contributed by atoms with Gasteiger partial charge < -0.3 is 0 Å². The molecule has 7 heavy (non-hydrogen) atoms. The molecule has 0 aliphatic rings. The van der Waals surface area contributed by atoms with Crippen molar-refractivity contribution < 1.29 is 42.7 Å². The van der Waals surface area contributed by atoms with Gasteiger partial charge in [0.25, 0.3) is 0 Å². The molecule has 48 valence electrons. The normalized spacial score (nSPS) is 10.6. The quantitative estimate of drug-likeness (QED) is 0.235. The van der Waals surface area contributed by atoms with Crippen LogP contribution in [0.5, 0.6) is 0 Å². The Balaban J connectivity index is 2.45. The molecular weight excluding hydrogens is 316 g/mol. The first kappa shape index (κ1) is 8.42. The monoisotopic (exact) mass is 327 g/mol. The van der Waals surface area contributed by atoms with E-state index in [1.54, 1.807) is 2.43 Å². The van der Waals surface area contributed by atoms with E-state index in [0.29, 0.717) is 42.7 Å². The van der Waals surface area contributed by atoms with Gasteiger partial charge in [-0.25, -0.2) is 0 Å². The molecule has 0 amide bonds. The van der Waals surface area contributed by atoms with Gasteiger partial charge in [-0.1, -0.05) is 0 Å². The summed E-state index contributed by atoms with van der Waals surface area (Å²) >= 11 is 1.03. The van der Waals surface area contributed by atoms with Gasteiger partial charge >= 0.3 is 67.0 Å². The van der Waals surface area contributed by atoms with Crippen molar-refractivity contribution in [1.29, 1.82) is 0 Å². The van der Waals surface area contributed by atoms with Crippen molar-refractivity contribution in [3.63, 3.8) is 0 Å². The first-order valence-electron chi connectivity index (χ1n) is 2.20. The summed E-state index contributed by atoms with van der Waals surface area (Å²) in [6.07, 6.45) is 0. The van der Waals surface area contributed by atoms with E-state index in [-0.39, 0.29) is 0 Å². The Hall–Kier alpha value is 1.42. The molecule has 0 saturated carbocycles. The molecule has 0 rings (SSSR count). The number of alkyl halides is 3. The summed E-state index contributed by atoms with van der Waals surface area (Å²) in [7, 11) is 2.06. The van der Waals surface area contributed by atoms with Gasteiger partial charge in [-0.05, 0) is 0 Å². The summed E-state index contributed by atoms with van der Waals surface area (Å²) < 4.78 is 6.24. The third-order valence-corrected chi connectivity index (χ3v) is 7.65. The predicted molar refractivity (Wildman–Crippen MR) is 24.5 cm³/mol. The SMILES string of the molecule is CC[I-]C[I-]NC. The van der Waals surface area contributed by atoms with Gasteiger partial charge in [0.05, 0.1) is 0 Å². The van der Waals surface area contributed by atoms with Crippen LogP contribution in [0.25, 0.3) is 0 Å². The van der Waals surface area contributed by atoms with E-state index in [1.807, 2.05) is 0 Å². The molecule has 0 bridgehead atoms. The number of rotatable bonds is 4. The molecule has 0 radical (unpaired) electrons. The molecule has 0 spiro atoms. The van der Waals surface area contributed by atoms with E-state index < -0.39 is 0 Å². The molecular formula is C4H11I2N-2. The molecule has 0 saturated heterocycles. The second-order valence-corrected chi connectivity index (χ2v) is 9.77. The fourth-order valence-electron chi connectivity index (χ4n) is 0.158. The third kappa shape index (κ3) is 7.42. The van der Waals surface area contributed by atoms with Crippen molar-refractivity contribution in [3.8, 4) is 0 Å². The van der Waals surface area contributed by atoms with Gasteiger partial charge in [0, 0.05) is 0 Å². The van der Waals surface area contributed by atoms with Gasteiger partial charge in [-0.3, -0.25) is 0 Å². The Bertz CT molecular complexity index is 28.9. The van der Waals surface area contributed by atoms with Crippen molar-refractivity contribution in [2.45, 2.75) is 6.92 Å². The summed E-state index contributed by atoms with van der Waals surface area (Å²) in [4.78, 5) is 0. The second-order valence-electron chi connectivity index (χ2n) is 0.880. The molecule has 0 aromatic carbocycles. The van der Waals surface area contributed by atoms with Gasteiger partial charge in [0.1, 0.15) is 0 Å². The van der Waals surface area contributed by atoms with E-state index in [0.717, 1.165) is 0 Å². The summed E-state index contributed by atoms with van der Waals surface area (Å²) in [5.74, 6) is 0. The Morgan fingerprint density at radius 2 is 2.29 bits per heavy atom. The predicted octanol–water partition coefficient (Wildman–Crippen LogP) is -5.72. The summed E-state index contributed by atoms with van der Waals surface area (Å²) in [6, 6.07) is 0. The number of hydrogen-bond donors (Lipinski definition) is 1. The van der Waals surface area contributed by atoms with E-state index in [4.69, 9.17) is 0 Å². The molecule has 1 nitrogen and oxygen atoms in total. The first-order chi connectivity index (χ1) is 3.41. The maximum absolute atomic E-state index is 3.24. The van der Waals surface area contributed by atoms with Crippen molar-refractivity contribution in [2.24, 2.45) is 0 Å². The standard InChI is InChI=1S/C4H11I2N/c1-3-5-4-6-7-2/h7H,3-4H2,1-2H3/q-2. The fraction of sp³-hybridized carbons (Fsp3) is 1.00. The fourth-order valence-corrected chi connectivity index (χ4v) is 7.09. The molecule has 0 fully saturated rings. The zero-order chi connectivity index (χ0) is 5.54. The summed E-state index contributed by atoms with van der Waals surface area (Å²) in [5.41, 5.74) is 0. The van der Waals surface area contributed by atoms with Crippen LogP contribution in [-0.4, -0.2) is 13.9 Å². The third-order valence-electron chi connectivity index (χ3n) is 0.445. The zero-order valence-corrected chi connectivity index (χ0v) is 8.99. The van der Waals surface area contributed by atoms with Crippen molar-refractivity contribution in [2.75, 3.05) is 13.9 Å². The number of hydrogen-bond acceptors (Lipinski definition) is 1. The molecule has 0 unspecified atom stereocenters. The average Bonchev–Trinajstić information content (AvgIpc) is 1.69. The maximum atomic E-state index is 3.24. The Labute approximate surface area is 66.5 Å². The first-order valence-corrected chi connectivity index (χ1v) is 7.85.